The molecule has 0 unspecified atom stereocenters. The Morgan fingerprint density at radius 2 is 1.36 bits per heavy atom. The van der Waals surface area contributed by atoms with E-state index in [1.54, 1.807) is 0 Å². The van der Waals surface area contributed by atoms with Gasteiger partial charge < -0.3 is 32.6 Å². The van der Waals surface area contributed by atoms with Crippen molar-refractivity contribution in [1.82, 2.24) is 0 Å². The van der Waals surface area contributed by atoms with Crippen LogP contribution in [0.4, 0.5) is 0 Å². The molecule has 0 aromatic rings. The molecule has 4 nitrogen and oxygen atoms in total. The van der Waals surface area contributed by atoms with Crippen LogP contribution in [0.15, 0.2) is 0 Å². The van der Waals surface area contributed by atoms with Crippen LogP contribution in [0, 0.1) is 0 Å². The molecule has 0 aromatic carbocycles. The maximum atomic E-state index is 8.39. The highest BCUT2D eigenvalue weighted by Gasteiger charge is 2.02. The molecule has 0 heterocycles. The van der Waals surface area contributed by atoms with Crippen LogP contribution in [0.1, 0.15) is 0 Å². The molecule has 74 valence electrons. The Morgan fingerprint density at radius 1 is 1.09 bits per heavy atom. The zero-order chi connectivity index (χ0) is 7.91. The Kier molecular flexibility index (Phi) is 26.1. The summed E-state index contributed by atoms with van der Waals surface area (Å²) in [5.41, 5.74) is 0. The number of hydrogen-bond acceptors (Lipinski definition) is 2. The van der Waals surface area contributed by atoms with E-state index in [1.165, 1.54) is 0 Å². The summed E-state index contributed by atoms with van der Waals surface area (Å²) < 4.78 is 0.844. The Bertz CT molecular complexity index is 56.3. The number of likely N-dealkylation sites (N-methyl/N-ethyl adjacent to an activating group) is 1. The molecule has 0 atom stereocenters. The molecular formula is C6H20ClNO3. The molecule has 11 heavy (non-hydrogen) atoms. The van der Waals surface area contributed by atoms with E-state index in [1.807, 2.05) is 0 Å². The van der Waals surface area contributed by atoms with E-state index in [0.717, 1.165) is 18.1 Å². The summed E-state index contributed by atoms with van der Waals surface area (Å²) in [6.07, 6.45) is 0. The van der Waals surface area contributed by atoms with Gasteiger partial charge in [-0.15, -0.1) is 0 Å². The molecule has 0 aromatic heterocycles. The Morgan fingerprint density at radius 3 is 1.36 bits per heavy atom. The van der Waals surface area contributed by atoms with E-state index in [9.17, 15) is 0 Å². The molecule has 5 heteroatoms. The first-order valence-electron chi connectivity index (χ1n) is 2.92. The van der Waals surface area contributed by atoms with Crippen molar-refractivity contribution < 1.29 is 32.6 Å². The first kappa shape index (κ1) is 22.5. The second kappa shape index (κ2) is 12.8. The van der Waals surface area contributed by atoms with E-state index in [2.05, 4.69) is 21.1 Å². The Balaban J connectivity index is -0.0000000564. The second-order valence-corrected chi connectivity index (χ2v) is 2.74. The number of quaternary nitrogens is 1. The number of rotatable bonds is 2. The molecule has 0 rings (SSSR count). The molecule has 0 aliphatic rings. The standard InChI is InChI=1S/C5H14NO.CH4O.ClH.H2O/c1-6(2,3)4-5-7;1-2;;/h7H,4-5H2,1-3H3;2H,1H3;1H;1H2/q+1;;;/p-1. The minimum Gasteiger partial charge on any atom is -1.00 e. The lowest BCUT2D eigenvalue weighted by atomic mass is 10.5. The van der Waals surface area contributed by atoms with Gasteiger partial charge in [-0.1, -0.05) is 0 Å². The van der Waals surface area contributed by atoms with Crippen molar-refractivity contribution in [3.8, 4) is 0 Å². The van der Waals surface area contributed by atoms with E-state index >= 15 is 0 Å². The first-order valence-corrected chi connectivity index (χ1v) is 2.92. The predicted molar refractivity (Wildman–Crippen MR) is 41.7 cm³/mol. The lowest BCUT2D eigenvalue weighted by Gasteiger charge is -2.21. The van der Waals surface area contributed by atoms with Crippen LogP contribution in [-0.2, 0) is 0 Å². The van der Waals surface area contributed by atoms with Crippen molar-refractivity contribution in [3.63, 3.8) is 0 Å². The number of nitrogens with zero attached hydrogens (tertiary/aromatic N) is 1. The SMILES string of the molecule is CO.C[N+](C)(C)CCO.O.[Cl-]. The van der Waals surface area contributed by atoms with E-state index < -0.39 is 0 Å². The minimum absolute atomic E-state index is 0. The van der Waals surface area contributed by atoms with Crippen LogP contribution in [-0.4, -0.2) is 61.6 Å². The third kappa shape index (κ3) is 39.3. The molecule has 0 saturated carbocycles. The molecule has 0 aliphatic carbocycles. The van der Waals surface area contributed by atoms with Gasteiger partial charge in [-0.3, -0.25) is 0 Å². The highest BCUT2D eigenvalue weighted by atomic mass is 35.5. The van der Waals surface area contributed by atoms with Gasteiger partial charge in [0.25, 0.3) is 0 Å². The van der Waals surface area contributed by atoms with E-state index in [4.69, 9.17) is 10.2 Å². The molecule has 0 radical (unpaired) electrons. The molecule has 0 aliphatic heterocycles. The van der Waals surface area contributed by atoms with E-state index in [-0.39, 0.29) is 24.5 Å². The fourth-order valence-corrected chi connectivity index (χ4v) is 0.300. The van der Waals surface area contributed by atoms with Gasteiger partial charge in [0.15, 0.2) is 0 Å². The molecular weight excluding hydrogens is 170 g/mol. The maximum Gasteiger partial charge on any atom is 0.101 e. The predicted octanol–water partition coefficient (Wildman–Crippen LogP) is -4.53. The summed E-state index contributed by atoms with van der Waals surface area (Å²) in [6, 6.07) is 0. The van der Waals surface area contributed by atoms with Crippen molar-refractivity contribution in [1.29, 1.82) is 0 Å². The zero-order valence-corrected chi connectivity index (χ0v) is 8.39. The number of aliphatic hydroxyl groups excluding tert-OH is 2. The third-order valence-corrected chi connectivity index (χ3v) is 0.771. The van der Waals surface area contributed by atoms with Gasteiger partial charge in [0.1, 0.15) is 6.54 Å². The van der Waals surface area contributed by atoms with Gasteiger partial charge in [0.2, 0.25) is 0 Å². The quantitative estimate of drug-likeness (QED) is 0.430. The highest BCUT2D eigenvalue weighted by molar-refractivity contribution is 4.19. The normalized spacial score (nSPS) is 8.18. The monoisotopic (exact) mass is 189 g/mol. The van der Waals surface area contributed by atoms with Crippen LogP contribution in [0.5, 0.6) is 0 Å². The lowest BCUT2D eigenvalue weighted by molar-refractivity contribution is -0.870. The Hall–Kier alpha value is 0.130. The van der Waals surface area contributed by atoms with Gasteiger partial charge in [0, 0.05) is 7.11 Å². The van der Waals surface area contributed by atoms with Crippen LogP contribution in [0.3, 0.4) is 0 Å². The topological polar surface area (TPSA) is 72.0 Å². The fourth-order valence-electron chi connectivity index (χ4n) is 0.300. The fraction of sp³-hybridized carbons (Fsp3) is 1.00. The maximum absolute atomic E-state index is 8.39. The summed E-state index contributed by atoms with van der Waals surface area (Å²) >= 11 is 0. The largest absolute Gasteiger partial charge is 1.00 e. The number of halogens is 1. The number of aliphatic hydroxyl groups is 2. The van der Waals surface area contributed by atoms with Crippen LogP contribution in [0.2, 0.25) is 0 Å². The summed E-state index contributed by atoms with van der Waals surface area (Å²) in [7, 11) is 7.16. The summed E-state index contributed by atoms with van der Waals surface area (Å²) in [4.78, 5) is 0. The van der Waals surface area contributed by atoms with Crippen molar-refractivity contribution in [2.45, 2.75) is 0 Å². The highest BCUT2D eigenvalue weighted by Crippen LogP contribution is 1.84. The van der Waals surface area contributed by atoms with Crippen molar-refractivity contribution in [3.05, 3.63) is 0 Å². The first-order chi connectivity index (χ1) is 4.06. The Labute approximate surface area is 74.8 Å². The molecule has 0 spiro atoms. The summed E-state index contributed by atoms with van der Waals surface area (Å²) in [6.45, 7) is 1.11. The zero-order valence-electron chi connectivity index (χ0n) is 7.63. The lowest BCUT2D eigenvalue weighted by Crippen LogP contribution is -3.00. The van der Waals surface area contributed by atoms with Crippen molar-refractivity contribution >= 4 is 0 Å². The molecule has 0 saturated heterocycles. The van der Waals surface area contributed by atoms with Crippen LogP contribution in [0.25, 0.3) is 0 Å². The minimum atomic E-state index is 0. The van der Waals surface area contributed by atoms with Gasteiger partial charge >= 0.3 is 0 Å². The second-order valence-electron chi connectivity index (χ2n) is 2.74. The average molecular weight is 190 g/mol. The smallest absolute Gasteiger partial charge is 0.101 e. The average Bonchev–Trinajstić information content (AvgIpc) is 1.69. The van der Waals surface area contributed by atoms with Gasteiger partial charge in [-0.05, 0) is 0 Å². The van der Waals surface area contributed by atoms with Crippen LogP contribution < -0.4 is 12.4 Å². The van der Waals surface area contributed by atoms with Crippen LogP contribution >= 0.6 is 0 Å². The third-order valence-electron chi connectivity index (χ3n) is 0.771. The summed E-state index contributed by atoms with van der Waals surface area (Å²) in [5, 5.41) is 15.4. The van der Waals surface area contributed by atoms with Gasteiger partial charge in [-0.2, -0.15) is 0 Å². The van der Waals surface area contributed by atoms with Gasteiger partial charge in [-0.25, -0.2) is 0 Å². The van der Waals surface area contributed by atoms with Gasteiger partial charge in [0.05, 0.1) is 27.7 Å². The number of hydrogen-bond donors (Lipinski definition) is 2. The molecule has 0 amide bonds. The molecule has 4 N–H and O–H groups in total. The molecule has 0 bridgehead atoms. The van der Waals surface area contributed by atoms with Crippen molar-refractivity contribution in [2.24, 2.45) is 0 Å². The van der Waals surface area contributed by atoms with E-state index in [0.29, 0.717) is 0 Å². The summed E-state index contributed by atoms with van der Waals surface area (Å²) in [5.74, 6) is 0. The molecule has 0 fully saturated rings. The van der Waals surface area contributed by atoms with Crippen molar-refractivity contribution in [2.75, 3.05) is 41.4 Å².